The van der Waals surface area contributed by atoms with E-state index in [0.29, 0.717) is 39.8 Å². The Morgan fingerprint density at radius 1 is 0.578 bits per heavy atom. The molecule has 20 heteroatoms. The molecule has 90 heavy (non-hydrogen) atoms. The first-order chi connectivity index (χ1) is 42.8. The van der Waals surface area contributed by atoms with E-state index in [0.717, 1.165) is 140 Å². The Balaban J connectivity index is 0.000000165. The molecule has 0 saturated carbocycles. The Hall–Kier alpha value is -7.00. The molecule has 4 bridgehead atoms. The summed E-state index contributed by atoms with van der Waals surface area (Å²) in [5.74, 6) is 0.631. The van der Waals surface area contributed by atoms with Crippen molar-refractivity contribution in [3.8, 4) is 43.4 Å². The molecule has 6 aromatic carbocycles. The number of ether oxygens (including phenoxy) is 3. The summed E-state index contributed by atoms with van der Waals surface area (Å²) in [5, 5.41) is 25.6. The summed E-state index contributed by atoms with van der Waals surface area (Å²) in [6, 6.07) is 34.6. The van der Waals surface area contributed by atoms with Crippen LogP contribution in [0.15, 0.2) is 97.1 Å². The zero-order chi connectivity index (χ0) is 63.6. The monoisotopic (exact) mass is 1290 g/mol. The number of aryl methyl sites for hydroxylation is 4. The standard InChI is InChI=1S/C36H40ClN5O3S.C34H36ClN5O3S/c1-8-44-35(43)31(45-36(3,4)5)29-20(2)15-27-32(30(29)21-9-12-23(37)13-10-21)46-34(38-27)22-11-14-28-26(16-22)33(39-41(28)7)42-18-24-17-25(19-42)40(24)6;1-18-13-25-30(28(19-7-10-21(35)11-8-19)27(18)29(33(41)42)43-34(2,3)4)44-32(36-25)20-9-12-26-24(14-20)31(37-39(26)6)40-16-22-15-23(17-40)38(22)5/h9-16,24-25,31H,8,17-19H2,1-7H3;7-14,22-23,29H,15-17H2,1-6H3,(H,41,42)/t24?,25?,31-;22?,23?,29-/m00/s1. The predicted octanol–water partition coefficient (Wildman–Crippen LogP) is 15.1. The SMILES string of the molecule is CCOC(=O)[C@@H](OC(C)(C)C)c1c(C)cc2nc(-c3ccc4c(c3)c(N3CC5CC(C3)N5C)nn4C)sc2c1-c1ccc(Cl)cc1.Cc1cc2nc(-c3ccc4c(c3)c(N3CC5CC(C3)N5C)nn4C)sc2c(-c2ccc(Cl)cc2)c1[C@H](OC(C)(C)C)C(=O)O. The van der Waals surface area contributed by atoms with Gasteiger partial charge in [0.15, 0.2) is 23.8 Å². The van der Waals surface area contributed by atoms with E-state index in [2.05, 4.69) is 76.2 Å². The normalized spacial score (nSPS) is 19.3. The van der Waals surface area contributed by atoms with Gasteiger partial charge in [-0.05, 0) is 184 Å². The average molecular weight is 1290 g/mol. The van der Waals surface area contributed by atoms with Crippen LogP contribution in [0.3, 0.4) is 0 Å². The number of carboxylic acids is 1. The molecule has 4 aromatic heterocycles. The van der Waals surface area contributed by atoms with Crippen molar-refractivity contribution < 1.29 is 28.9 Å². The molecule has 16 rings (SSSR count). The van der Waals surface area contributed by atoms with Gasteiger partial charge in [-0.3, -0.25) is 19.2 Å². The molecular formula is C70H76Cl2N10O6S2. The molecule has 1 N–H and O–H groups in total. The second-order valence-corrected chi connectivity index (χ2v) is 29.5. The number of carbonyl (C=O) groups excluding carboxylic acids is 1. The van der Waals surface area contributed by atoms with Gasteiger partial charge in [0, 0.05) is 119 Å². The number of thiazole rings is 2. The zero-order valence-electron chi connectivity index (χ0n) is 53.2. The fraction of sp³-hybridized carbons (Fsp3) is 0.400. The number of aliphatic carboxylic acids is 1. The van der Waals surface area contributed by atoms with Gasteiger partial charge >= 0.3 is 11.9 Å². The summed E-state index contributed by atoms with van der Waals surface area (Å²) in [5.41, 5.74) is 11.4. The Kier molecular flexibility index (Phi) is 16.2. The summed E-state index contributed by atoms with van der Waals surface area (Å²) >= 11 is 15.8. The lowest BCUT2D eigenvalue weighted by molar-refractivity contribution is -0.166. The van der Waals surface area contributed by atoms with E-state index in [9.17, 15) is 14.7 Å². The predicted molar refractivity (Wildman–Crippen MR) is 365 cm³/mol. The number of piperazine rings is 2. The maximum absolute atomic E-state index is 13.5. The number of carbonyl (C=O) groups is 2. The third kappa shape index (κ3) is 11.5. The molecule has 10 heterocycles. The van der Waals surface area contributed by atoms with Crippen molar-refractivity contribution in [2.24, 2.45) is 14.1 Å². The largest absolute Gasteiger partial charge is 0.479 e. The highest BCUT2D eigenvalue weighted by Crippen LogP contribution is 2.48. The van der Waals surface area contributed by atoms with Crippen LogP contribution < -0.4 is 9.80 Å². The van der Waals surface area contributed by atoms with Crippen LogP contribution in [-0.4, -0.2) is 139 Å². The first-order valence-corrected chi connectivity index (χ1v) is 33.2. The van der Waals surface area contributed by atoms with Crippen LogP contribution in [0.25, 0.3) is 85.6 Å². The van der Waals surface area contributed by atoms with Crippen LogP contribution in [0.5, 0.6) is 0 Å². The first-order valence-electron chi connectivity index (χ1n) is 30.8. The minimum atomic E-state index is -1.15. The highest BCUT2D eigenvalue weighted by atomic mass is 35.5. The van der Waals surface area contributed by atoms with E-state index in [1.807, 2.05) is 140 Å². The van der Waals surface area contributed by atoms with E-state index < -0.39 is 35.3 Å². The van der Waals surface area contributed by atoms with E-state index in [1.165, 1.54) is 12.8 Å². The summed E-state index contributed by atoms with van der Waals surface area (Å²) in [6.07, 6.45) is 0.462. The van der Waals surface area contributed by atoms with Crippen molar-refractivity contribution in [3.63, 3.8) is 0 Å². The van der Waals surface area contributed by atoms with Crippen LogP contribution >= 0.6 is 45.9 Å². The Morgan fingerprint density at radius 2 is 0.956 bits per heavy atom. The van der Waals surface area contributed by atoms with Crippen LogP contribution in [0.4, 0.5) is 11.6 Å². The van der Waals surface area contributed by atoms with E-state index in [-0.39, 0.29) is 6.61 Å². The number of rotatable bonds is 13. The lowest BCUT2D eigenvalue weighted by Crippen LogP contribution is -2.67. The summed E-state index contributed by atoms with van der Waals surface area (Å²) in [7, 11) is 8.47. The van der Waals surface area contributed by atoms with Gasteiger partial charge in [-0.2, -0.15) is 10.2 Å². The second kappa shape index (κ2) is 23.6. The molecule has 10 aromatic rings. The maximum Gasteiger partial charge on any atom is 0.339 e. The average Bonchev–Trinajstić information content (AvgIpc) is 1.59. The molecule has 0 radical (unpaired) electrons. The molecule has 6 aliphatic rings. The molecule has 6 aliphatic heterocycles. The number of esters is 1. The smallest absolute Gasteiger partial charge is 0.339 e. The van der Waals surface area contributed by atoms with Gasteiger partial charge in [-0.1, -0.05) is 47.5 Å². The Morgan fingerprint density at radius 3 is 1.32 bits per heavy atom. The van der Waals surface area contributed by atoms with Crippen molar-refractivity contribution in [2.45, 2.75) is 123 Å². The van der Waals surface area contributed by atoms with E-state index >= 15 is 0 Å². The zero-order valence-corrected chi connectivity index (χ0v) is 56.3. The van der Waals surface area contributed by atoms with Gasteiger partial charge in [-0.25, -0.2) is 19.6 Å². The molecule has 6 saturated heterocycles. The fourth-order valence-corrected chi connectivity index (χ4v) is 16.2. The molecular weight excluding hydrogens is 1210 g/mol. The van der Waals surface area contributed by atoms with Gasteiger partial charge in [-0.15, -0.1) is 22.7 Å². The number of hydrogen-bond acceptors (Lipinski definition) is 15. The summed E-state index contributed by atoms with van der Waals surface area (Å²) < 4.78 is 24.0. The number of fused-ring (bicyclic) bond motifs is 8. The summed E-state index contributed by atoms with van der Waals surface area (Å²) in [6.45, 7) is 21.5. The number of halogens is 2. The minimum Gasteiger partial charge on any atom is -0.479 e. The van der Waals surface area contributed by atoms with E-state index in [4.69, 9.17) is 57.6 Å². The highest BCUT2D eigenvalue weighted by molar-refractivity contribution is 7.22. The lowest BCUT2D eigenvalue weighted by atomic mass is 9.88. The third-order valence-corrected chi connectivity index (χ3v) is 21.0. The van der Waals surface area contributed by atoms with Gasteiger partial charge in [0.1, 0.15) is 10.0 Å². The molecule has 16 nitrogen and oxygen atoms in total. The number of carboxylic acid groups (broad SMARTS) is 1. The number of nitrogens with zero attached hydrogens (tertiary/aromatic N) is 10. The third-order valence-electron chi connectivity index (χ3n) is 18.2. The highest BCUT2D eigenvalue weighted by Gasteiger charge is 2.45. The lowest BCUT2D eigenvalue weighted by Gasteiger charge is -2.55. The molecule has 468 valence electrons. The quantitative estimate of drug-likeness (QED) is 0.109. The summed E-state index contributed by atoms with van der Waals surface area (Å²) in [4.78, 5) is 46.3. The van der Waals surface area contributed by atoms with Crippen molar-refractivity contribution in [3.05, 3.63) is 129 Å². The topological polar surface area (TPSA) is 156 Å². The molecule has 4 unspecified atom stereocenters. The van der Waals surface area contributed by atoms with Crippen molar-refractivity contribution in [1.82, 2.24) is 39.3 Å². The number of benzene rings is 6. The Labute approximate surface area is 542 Å². The maximum atomic E-state index is 13.5. The molecule has 6 atom stereocenters. The minimum absolute atomic E-state index is 0.263. The van der Waals surface area contributed by atoms with Gasteiger partial charge < -0.3 is 29.1 Å². The first kappa shape index (κ1) is 61.8. The van der Waals surface area contributed by atoms with Crippen LogP contribution in [0, 0.1) is 13.8 Å². The molecule has 6 fully saturated rings. The van der Waals surface area contributed by atoms with Crippen molar-refractivity contribution in [2.75, 3.05) is 56.7 Å². The number of aromatic nitrogens is 6. The van der Waals surface area contributed by atoms with Gasteiger partial charge in [0.2, 0.25) is 0 Å². The van der Waals surface area contributed by atoms with Crippen molar-refractivity contribution in [1.29, 1.82) is 0 Å². The van der Waals surface area contributed by atoms with Gasteiger partial charge in [0.25, 0.3) is 0 Å². The number of anilines is 2. The van der Waals surface area contributed by atoms with Crippen LogP contribution in [0.2, 0.25) is 10.0 Å². The Bertz CT molecular complexity index is 4430. The number of likely N-dealkylation sites (N-methyl/N-ethyl adjacent to an activating group) is 2. The molecule has 0 spiro atoms. The van der Waals surface area contributed by atoms with Crippen molar-refractivity contribution >= 4 is 112 Å². The second-order valence-electron chi connectivity index (χ2n) is 26.6. The number of piperidine rings is 2. The van der Waals surface area contributed by atoms with E-state index in [1.54, 1.807) is 22.7 Å². The molecule has 0 aliphatic carbocycles. The number of hydrogen-bond donors (Lipinski definition) is 1. The van der Waals surface area contributed by atoms with Crippen LogP contribution in [0.1, 0.15) is 95.8 Å². The van der Waals surface area contributed by atoms with Gasteiger partial charge in [0.05, 0.1) is 49.3 Å². The fourth-order valence-electron chi connectivity index (χ4n) is 13.7. The van der Waals surface area contributed by atoms with Crippen LogP contribution in [-0.2, 0) is 37.9 Å². The molecule has 0 amide bonds.